The van der Waals surface area contributed by atoms with Crippen LogP contribution in [0.15, 0.2) is 6.07 Å². The molecule has 2 bridgehead atoms. The lowest BCUT2D eigenvalue weighted by Gasteiger charge is -2.29. The Morgan fingerprint density at radius 3 is 2.32 bits per heavy atom. The summed E-state index contributed by atoms with van der Waals surface area (Å²) in [6.45, 7) is 11.0. The molecule has 5 rings (SSSR count). The predicted molar refractivity (Wildman–Crippen MR) is 78.7 cm³/mol. The van der Waals surface area contributed by atoms with Gasteiger partial charge in [-0.25, -0.2) is 0 Å². The van der Waals surface area contributed by atoms with Crippen LogP contribution in [-0.2, 0) is 12.0 Å². The molecule has 4 heterocycles. The maximum Gasteiger partial charge on any atom is 0.0338 e. The number of piperidine rings is 1. The molecular weight excluding hydrogens is 232 g/mol. The monoisotopic (exact) mass is 258 g/mol. The van der Waals surface area contributed by atoms with E-state index >= 15 is 0 Å². The van der Waals surface area contributed by atoms with E-state index in [0.29, 0.717) is 0 Å². The summed E-state index contributed by atoms with van der Waals surface area (Å²) >= 11 is 0. The summed E-state index contributed by atoms with van der Waals surface area (Å²) in [6, 6.07) is 3.37. The minimum absolute atomic E-state index is 0.281. The van der Waals surface area contributed by atoms with Crippen LogP contribution in [0, 0.1) is 0 Å². The minimum atomic E-state index is 0.281. The minimum Gasteiger partial charge on any atom is -0.344 e. The molecule has 1 saturated carbocycles. The fourth-order valence-electron chi connectivity index (χ4n) is 4.09. The highest BCUT2D eigenvalue weighted by molar-refractivity contribution is 5.37. The lowest BCUT2D eigenvalue weighted by molar-refractivity contribution is 0.218. The van der Waals surface area contributed by atoms with E-state index in [-0.39, 0.29) is 5.41 Å². The summed E-state index contributed by atoms with van der Waals surface area (Å²) in [5.41, 5.74) is 5.25. The van der Waals surface area contributed by atoms with Crippen molar-refractivity contribution in [2.24, 2.45) is 0 Å². The van der Waals surface area contributed by atoms with Crippen LogP contribution in [0.5, 0.6) is 0 Å². The molecule has 1 aromatic heterocycles. The molecule has 3 aliphatic heterocycles. The Bertz CT molecular complexity index is 494. The third-order valence-corrected chi connectivity index (χ3v) is 5.21. The van der Waals surface area contributed by atoms with E-state index < -0.39 is 0 Å². The average Bonchev–Trinajstić information content (AvgIpc) is 3.15. The Morgan fingerprint density at radius 2 is 1.74 bits per heavy atom. The molecule has 1 saturated heterocycles. The molecular formula is C17H26N2. The summed E-state index contributed by atoms with van der Waals surface area (Å²) in [5, 5.41) is 0. The van der Waals surface area contributed by atoms with E-state index in [1.54, 1.807) is 17.0 Å². The van der Waals surface area contributed by atoms with Crippen molar-refractivity contribution in [1.82, 2.24) is 9.47 Å². The standard InChI is InChI=1S/C17H26N2/c1-17(2,3)15-10-13-11-18-8-6-12(7-9-18)16(13)19(15)14-4-5-14/h10,12,14H,4-9,11H2,1-3H3. The highest BCUT2D eigenvalue weighted by atomic mass is 15.2. The van der Waals surface area contributed by atoms with Gasteiger partial charge in [-0.15, -0.1) is 0 Å². The van der Waals surface area contributed by atoms with Gasteiger partial charge in [0, 0.05) is 35.3 Å². The summed E-state index contributed by atoms with van der Waals surface area (Å²) in [7, 11) is 0. The second kappa shape index (κ2) is 3.88. The van der Waals surface area contributed by atoms with Crippen LogP contribution in [0.2, 0.25) is 0 Å². The van der Waals surface area contributed by atoms with Gasteiger partial charge in [-0.05, 0) is 50.4 Å². The van der Waals surface area contributed by atoms with Crippen molar-refractivity contribution in [3.05, 3.63) is 23.0 Å². The number of rotatable bonds is 1. The number of hydrogen-bond acceptors (Lipinski definition) is 1. The van der Waals surface area contributed by atoms with Crippen molar-refractivity contribution < 1.29 is 0 Å². The molecule has 2 nitrogen and oxygen atoms in total. The Hall–Kier alpha value is -0.760. The third-order valence-electron chi connectivity index (χ3n) is 5.21. The maximum absolute atomic E-state index is 2.77. The smallest absolute Gasteiger partial charge is 0.0338 e. The first-order valence-corrected chi connectivity index (χ1v) is 8.01. The number of hydrogen-bond donors (Lipinski definition) is 0. The van der Waals surface area contributed by atoms with Gasteiger partial charge in [0.25, 0.3) is 0 Å². The molecule has 2 fully saturated rings. The van der Waals surface area contributed by atoms with Gasteiger partial charge >= 0.3 is 0 Å². The van der Waals surface area contributed by atoms with Crippen LogP contribution in [0.25, 0.3) is 0 Å². The van der Waals surface area contributed by atoms with Crippen LogP contribution in [0.1, 0.15) is 75.4 Å². The zero-order valence-corrected chi connectivity index (χ0v) is 12.6. The van der Waals surface area contributed by atoms with Gasteiger partial charge < -0.3 is 4.57 Å². The SMILES string of the molecule is CC(C)(C)c1cc2c(n1C1CC1)C1CCN(CC1)C2. The molecule has 0 radical (unpaired) electrons. The lowest BCUT2D eigenvalue weighted by atomic mass is 9.91. The quantitative estimate of drug-likeness (QED) is 0.743. The predicted octanol–water partition coefficient (Wildman–Crippen LogP) is 3.81. The van der Waals surface area contributed by atoms with E-state index in [0.717, 1.165) is 12.0 Å². The van der Waals surface area contributed by atoms with Crippen LogP contribution < -0.4 is 0 Å². The number of nitrogens with zero attached hydrogens (tertiary/aromatic N) is 2. The zero-order chi connectivity index (χ0) is 13.2. The molecule has 1 aromatic rings. The highest BCUT2D eigenvalue weighted by Crippen LogP contribution is 2.47. The molecule has 0 unspecified atom stereocenters. The van der Waals surface area contributed by atoms with Gasteiger partial charge in [-0.1, -0.05) is 20.8 Å². The van der Waals surface area contributed by atoms with Crippen molar-refractivity contribution in [2.45, 2.75) is 70.4 Å². The molecule has 0 aromatic carbocycles. The molecule has 0 spiro atoms. The third kappa shape index (κ3) is 1.87. The van der Waals surface area contributed by atoms with Crippen LogP contribution >= 0.6 is 0 Å². The second-order valence-electron chi connectivity index (χ2n) is 7.84. The first kappa shape index (κ1) is 12.0. The summed E-state index contributed by atoms with van der Waals surface area (Å²) in [4.78, 5) is 2.66. The molecule has 0 N–H and O–H groups in total. The normalized spacial score (nSPS) is 30.3. The van der Waals surface area contributed by atoms with E-state index in [9.17, 15) is 0 Å². The Kier molecular flexibility index (Phi) is 2.45. The first-order valence-electron chi connectivity index (χ1n) is 8.01. The summed E-state index contributed by atoms with van der Waals surface area (Å²) < 4.78 is 2.77. The molecule has 104 valence electrons. The molecule has 4 aliphatic rings. The summed E-state index contributed by atoms with van der Waals surface area (Å²) in [6.07, 6.45) is 5.57. The maximum atomic E-state index is 2.77. The zero-order valence-electron chi connectivity index (χ0n) is 12.6. The largest absolute Gasteiger partial charge is 0.344 e. The van der Waals surface area contributed by atoms with Gasteiger partial charge in [0.15, 0.2) is 0 Å². The average molecular weight is 258 g/mol. The van der Waals surface area contributed by atoms with Crippen LogP contribution in [0.3, 0.4) is 0 Å². The highest BCUT2D eigenvalue weighted by Gasteiger charge is 2.38. The first-order chi connectivity index (χ1) is 9.04. The van der Waals surface area contributed by atoms with Crippen molar-refractivity contribution >= 4 is 0 Å². The molecule has 1 aliphatic carbocycles. The molecule has 19 heavy (non-hydrogen) atoms. The van der Waals surface area contributed by atoms with Crippen LogP contribution in [-0.4, -0.2) is 22.6 Å². The van der Waals surface area contributed by atoms with E-state index in [1.165, 1.54) is 45.3 Å². The summed E-state index contributed by atoms with van der Waals surface area (Å²) in [5.74, 6) is 0.838. The second-order valence-corrected chi connectivity index (χ2v) is 7.84. The van der Waals surface area contributed by atoms with Gasteiger partial charge in [-0.2, -0.15) is 0 Å². The fourth-order valence-corrected chi connectivity index (χ4v) is 4.09. The van der Waals surface area contributed by atoms with Gasteiger partial charge in [0.1, 0.15) is 0 Å². The van der Waals surface area contributed by atoms with E-state index in [2.05, 4.69) is 36.3 Å². The van der Waals surface area contributed by atoms with Gasteiger partial charge in [0.05, 0.1) is 0 Å². The molecule has 2 heteroatoms. The van der Waals surface area contributed by atoms with E-state index in [4.69, 9.17) is 0 Å². The Labute approximate surface area is 116 Å². The van der Waals surface area contributed by atoms with Crippen LogP contribution in [0.4, 0.5) is 0 Å². The topological polar surface area (TPSA) is 8.17 Å². The number of aromatic nitrogens is 1. The van der Waals surface area contributed by atoms with Gasteiger partial charge in [-0.3, -0.25) is 4.90 Å². The van der Waals surface area contributed by atoms with Crippen molar-refractivity contribution in [3.8, 4) is 0 Å². The van der Waals surface area contributed by atoms with Crippen molar-refractivity contribution in [2.75, 3.05) is 13.1 Å². The Balaban J connectivity index is 1.89. The van der Waals surface area contributed by atoms with E-state index in [1.807, 2.05) is 0 Å². The fraction of sp³-hybridized carbons (Fsp3) is 0.765. The number of fused-ring (bicyclic) bond motifs is 2. The van der Waals surface area contributed by atoms with Crippen molar-refractivity contribution in [3.63, 3.8) is 0 Å². The lowest BCUT2D eigenvalue weighted by Crippen LogP contribution is -2.29. The molecule has 0 amide bonds. The van der Waals surface area contributed by atoms with Gasteiger partial charge in [0.2, 0.25) is 0 Å². The Morgan fingerprint density at radius 1 is 1.05 bits per heavy atom. The van der Waals surface area contributed by atoms with Crippen molar-refractivity contribution in [1.29, 1.82) is 0 Å². The molecule has 0 atom stereocenters.